The van der Waals surface area contributed by atoms with Crippen LogP contribution in [0.25, 0.3) is 0 Å². The molecule has 1 fully saturated rings. The average molecular weight is 245 g/mol. The first-order valence-electron chi connectivity index (χ1n) is 7.20. The summed E-state index contributed by atoms with van der Waals surface area (Å²) in [6.45, 7) is 10.5. The van der Waals surface area contributed by atoms with Crippen LogP contribution in [-0.4, -0.2) is 12.1 Å². The molecule has 1 aliphatic rings. The minimum atomic E-state index is 0.324. The van der Waals surface area contributed by atoms with E-state index in [1.807, 2.05) is 0 Å². The molecule has 1 N–H and O–H groups in total. The Bertz CT molecular complexity index is 394. The predicted molar refractivity (Wildman–Crippen MR) is 78.9 cm³/mol. The summed E-state index contributed by atoms with van der Waals surface area (Å²) in [5.41, 5.74) is 3.65. The number of rotatable bonds is 3. The molecule has 1 nitrogen and oxygen atoms in total. The van der Waals surface area contributed by atoms with E-state index in [1.165, 1.54) is 43.4 Å². The molecular weight excluding hydrogens is 218 g/mol. The Kier molecular flexibility index (Phi) is 3.82. The molecule has 18 heavy (non-hydrogen) atoms. The van der Waals surface area contributed by atoms with Crippen molar-refractivity contribution in [2.45, 2.75) is 58.9 Å². The van der Waals surface area contributed by atoms with E-state index in [9.17, 15) is 0 Å². The number of hydrogen-bond acceptors (Lipinski definition) is 1. The smallest absolute Gasteiger partial charge is 0.0227 e. The van der Waals surface area contributed by atoms with Crippen molar-refractivity contribution in [3.05, 3.63) is 35.4 Å². The SMILES string of the molecule is Cc1ccccc1CC1(CC(C)(C)C)CCCN1. The maximum absolute atomic E-state index is 3.80. The minimum absolute atomic E-state index is 0.324. The summed E-state index contributed by atoms with van der Waals surface area (Å²) in [6, 6.07) is 8.83. The summed E-state index contributed by atoms with van der Waals surface area (Å²) >= 11 is 0. The van der Waals surface area contributed by atoms with Crippen LogP contribution in [0.1, 0.15) is 51.2 Å². The van der Waals surface area contributed by atoms with E-state index >= 15 is 0 Å². The molecule has 0 radical (unpaired) electrons. The molecule has 2 rings (SSSR count). The van der Waals surface area contributed by atoms with E-state index in [0.717, 1.165) is 0 Å². The highest BCUT2D eigenvalue weighted by molar-refractivity contribution is 5.28. The molecule has 0 saturated carbocycles. The van der Waals surface area contributed by atoms with Crippen LogP contribution in [0.3, 0.4) is 0 Å². The first kappa shape index (κ1) is 13.6. The highest BCUT2D eigenvalue weighted by Gasteiger charge is 2.37. The second-order valence-electron chi connectivity index (χ2n) is 7.15. The molecule has 1 aromatic carbocycles. The van der Waals surface area contributed by atoms with Crippen LogP contribution in [0, 0.1) is 12.3 Å². The summed E-state index contributed by atoms with van der Waals surface area (Å²) in [5, 5.41) is 3.80. The fourth-order valence-corrected chi connectivity index (χ4v) is 3.42. The van der Waals surface area contributed by atoms with Gasteiger partial charge in [0, 0.05) is 5.54 Å². The Labute approximate surface area is 112 Å². The zero-order valence-corrected chi connectivity index (χ0v) is 12.3. The van der Waals surface area contributed by atoms with E-state index < -0.39 is 0 Å². The molecule has 1 aliphatic heterocycles. The monoisotopic (exact) mass is 245 g/mol. The standard InChI is InChI=1S/C17H27N/c1-14-8-5-6-9-15(14)12-17(10-7-11-18-17)13-16(2,3)4/h5-6,8-9,18H,7,10-13H2,1-4H3. The van der Waals surface area contributed by atoms with E-state index in [-0.39, 0.29) is 0 Å². The van der Waals surface area contributed by atoms with E-state index in [2.05, 4.69) is 57.3 Å². The number of aryl methyl sites for hydroxylation is 1. The maximum Gasteiger partial charge on any atom is 0.0227 e. The van der Waals surface area contributed by atoms with Gasteiger partial charge in [-0.05, 0) is 55.7 Å². The Balaban J connectivity index is 2.19. The number of nitrogens with one attached hydrogen (secondary N) is 1. The summed E-state index contributed by atoms with van der Waals surface area (Å²) in [5.74, 6) is 0. The lowest BCUT2D eigenvalue weighted by Gasteiger charge is -2.36. The third-order valence-corrected chi connectivity index (χ3v) is 3.99. The van der Waals surface area contributed by atoms with Crippen molar-refractivity contribution in [1.29, 1.82) is 0 Å². The minimum Gasteiger partial charge on any atom is -0.311 e. The van der Waals surface area contributed by atoms with Gasteiger partial charge in [0.05, 0.1) is 0 Å². The molecule has 0 aromatic heterocycles. The molecule has 1 unspecified atom stereocenters. The van der Waals surface area contributed by atoms with Crippen LogP contribution in [0.4, 0.5) is 0 Å². The van der Waals surface area contributed by atoms with Gasteiger partial charge in [-0.2, -0.15) is 0 Å². The molecule has 0 aliphatic carbocycles. The third kappa shape index (κ3) is 3.35. The lowest BCUT2D eigenvalue weighted by Crippen LogP contribution is -2.45. The van der Waals surface area contributed by atoms with Crippen molar-refractivity contribution in [1.82, 2.24) is 5.32 Å². The van der Waals surface area contributed by atoms with Crippen LogP contribution >= 0.6 is 0 Å². The van der Waals surface area contributed by atoms with E-state index in [4.69, 9.17) is 0 Å². The zero-order valence-electron chi connectivity index (χ0n) is 12.3. The van der Waals surface area contributed by atoms with Crippen LogP contribution in [0.2, 0.25) is 0 Å². The van der Waals surface area contributed by atoms with Gasteiger partial charge in [-0.25, -0.2) is 0 Å². The van der Waals surface area contributed by atoms with Crippen LogP contribution in [0.5, 0.6) is 0 Å². The summed E-state index contributed by atoms with van der Waals surface area (Å²) in [4.78, 5) is 0. The quantitative estimate of drug-likeness (QED) is 0.845. The Hall–Kier alpha value is -0.820. The second kappa shape index (κ2) is 5.05. The highest BCUT2D eigenvalue weighted by atomic mass is 15.0. The average Bonchev–Trinajstić information content (AvgIpc) is 2.67. The van der Waals surface area contributed by atoms with Crippen LogP contribution in [-0.2, 0) is 6.42 Å². The van der Waals surface area contributed by atoms with Gasteiger partial charge in [0.15, 0.2) is 0 Å². The molecule has 0 amide bonds. The number of benzene rings is 1. The van der Waals surface area contributed by atoms with Crippen LogP contribution in [0.15, 0.2) is 24.3 Å². The van der Waals surface area contributed by atoms with E-state index in [1.54, 1.807) is 0 Å². The molecule has 1 atom stereocenters. The second-order valence-corrected chi connectivity index (χ2v) is 7.15. The lowest BCUT2D eigenvalue weighted by molar-refractivity contribution is 0.228. The first-order valence-corrected chi connectivity index (χ1v) is 7.20. The third-order valence-electron chi connectivity index (χ3n) is 3.99. The van der Waals surface area contributed by atoms with Gasteiger partial charge in [-0.1, -0.05) is 45.0 Å². The predicted octanol–water partition coefficient (Wildman–Crippen LogP) is 4.10. The van der Waals surface area contributed by atoms with Crippen molar-refractivity contribution < 1.29 is 0 Å². The molecular formula is C17H27N. The molecule has 1 heteroatoms. The Morgan fingerprint density at radius 1 is 1.22 bits per heavy atom. The van der Waals surface area contributed by atoms with Gasteiger partial charge in [0.1, 0.15) is 0 Å². The summed E-state index contributed by atoms with van der Waals surface area (Å²) in [7, 11) is 0. The van der Waals surface area contributed by atoms with Gasteiger partial charge in [0.25, 0.3) is 0 Å². The molecule has 0 bridgehead atoms. The van der Waals surface area contributed by atoms with E-state index in [0.29, 0.717) is 11.0 Å². The fourth-order valence-electron chi connectivity index (χ4n) is 3.42. The Morgan fingerprint density at radius 3 is 2.50 bits per heavy atom. The number of hydrogen-bond donors (Lipinski definition) is 1. The van der Waals surface area contributed by atoms with Gasteiger partial charge in [-0.3, -0.25) is 0 Å². The van der Waals surface area contributed by atoms with Gasteiger partial charge in [0.2, 0.25) is 0 Å². The molecule has 1 heterocycles. The van der Waals surface area contributed by atoms with Gasteiger partial charge in [-0.15, -0.1) is 0 Å². The zero-order chi connectivity index (χ0) is 13.2. The largest absolute Gasteiger partial charge is 0.311 e. The van der Waals surface area contributed by atoms with Crippen molar-refractivity contribution in [3.63, 3.8) is 0 Å². The molecule has 1 saturated heterocycles. The van der Waals surface area contributed by atoms with Gasteiger partial charge < -0.3 is 5.32 Å². The van der Waals surface area contributed by atoms with Crippen molar-refractivity contribution in [3.8, 4) is 0 Å². The molecule has 1 aromatic rings. The van der Waals surface area contributed by atoms with Crippen LogP contribution < -0.4 is 5.32 Å². The lowest BCUT2D eigenvalue weighted by atomic mass is 9.75. The Morgan fingerprint density at radius 2 is 1.94 bits per heavy atom. The first-order chi connectivity index (χ1) is 8.40. The maximum atomic E-state index is 3.80. The van der Waals surface area contributed by atoms with Crippen molar-refractivity contribution >= 4 is 0 Å². The summed E-state index contributed by atoms with van der Waals surface area (Å²) in [6.07, 6.45) is 5.08. The normalized spacial score (nSPS) is 24.4. The molecule has 0 spiro atoms. The van der Waals surface area contributed by atoms with Gasteiger partial charge >= 0.3 is 0 Å². The summed E-state index contributed by atoms with van der Waals surface area (Å²) < 4.78 is 0. The molecule has 100 valence electrons. The topological polar surface area (TPSA) is 12.0 Å². The van der Waals surface area contributed by atoms with Crippen molar-refractivity contribution in [2.75, 3.05) is 6.54 Å². The fraction of sp³-hybridized carbons (Fsp3) is 0.647. The van der Waals surface area contributed by atoms with Crippen molar-refractivity contribution in [2.24, 2.45) is 5.41 Å². The highest BCUT2D eigenvalue weighted by Crippen LogP contribution is 2.36.